The van der Waals surface area contributed by atoms with Crippen LogP contribution in [0.25, 0.3) is 5.69 Å². The average molecular weight is 329 g/mol. The third-order valence-electron chi connectivity index (χ3n) is 4.07. The molecule has 1 atom stereocenters. The number of aromatic nitrogens is 4. The van der Waals surface area contributed by atoms with E-state index in [-0.39, 0.29) is 11.9 Å². The van der Waals surface area contributed by atoms with Gasteiger partial charge in [-0.2, -0.15) is 0 Å². The molecule has 1 amide bonds. The molecule has 126 valence electrons. The van der Waals surface area contributed by atoms with Crippen LogP contribution in [0, 0.1) is 0 Å². The minimum atomic E-state index is -0.822. The molecule has 1 heterocycles. The molecule has 0 spiro atoms. The lowest BCUT2D eigenvalue weighted by molar-refractivity contribution is -0.129. The number of nitrogens with zero attached hydrogens (tertiary/aromatic N) is 4. The number of carbonyl (C=O) groups is 2. The Labute approximate surface area is 139 Å². The molecule has 0 radical (unpaired) electrons. The molecule has 1 saturated carbocycles. The Hall–Kier alpha value is -2.77. The van der Waals surface area contributed by atoms with Crippen molar-refractivity contribution in [1.82, 2.24) is 25.5 Å². The fraction of sp³-hybridized carbons (Fsp3) is 0.438. The summed E-state index contributed by atoms with van der Waals surface area (Å²) in [6.45, 7) is 1.58. The van der Waals surface area contributed by atoms with E-state index in [1.807, 2.05) is 0 Å². The summed E-state index contributed by atoms with van der Waals surface area (Å²) in [5.74, 6) is -0.784. The summed E-state index contributed by atoms with van der Waals surface area (Å²) in [7, 11) is 0. The van der Waals surface area contributed by atoms with Gasteiger partial charge in [-0.1, -0.05) is 12.8 Å². The molecule has 0 unspecified atom stereocenters. The van der Waals surface area contributed by atoms with Crippen LogP contribution in [-0.4, -0.2) is 44.2 Å². The Kier molecular flexibility index (Phi) is 4.83. The normalized spacial score (nSPS) is 15.9. The molecule has 0 bridgehead atoms. The molecule has 1 aromatic heterocycles. The van der Waals surface area contributed by atoms with Gasteiger partial charge in [0.05, 0.1) is 11.3 Å². The number of hydrogen-bond acceptors (Lipinski definition) is 6. The highest BCUT2D eigenvalue weighted by Gasteiger charge is 2.23. The predicted molar refractivity (Wildman–Crippen MR) is 84.4 cm³/mol. The van der Waals surface area contributed by atoms with Gasteiger partial charge >= 0.3 is 5.97 Å². The first-order valence-electron chi connectivity index (χ1n) is 7.98. The van der Waals surface area contributed by atoms with Crippen molar-refractivity contribution in [2.24, 2.45) is 0 Å². The molecule has 3 rings (SSSR count). The maximum Gasteiger partial charge on any atom is 0.338 e. The molecule has 1 aliphatic carbocycles. The van der Waals surface area contributed by atoms with Crippen LogP contribution in [0.15, 0.2) is 30.6 Å². The monoisotopic (exact) mass is 329 g/mol. The molecule has 8 heteroatoms. The van der Waals surface area contributed by atoms with Crippen LogP contribution in [0.3, 0.4) is 0 Å². The smallest absolute Gasteiger partial charge is 0.338 e. The number of rotatable bonds is 5. The second-order valence-electron chi connectivity index (χ2n) is 5.84. The number of nitrogens with one attached hydrogen (secondary N) is 1. The lowest BCUT2D eigenvalue weighted by Crippen LogP contribution is -2.40. The Balaban J connectivity index is 1.56. The van der Waals surface area contributed by atoms with Crippen molar-refractivity contribution < 1.29 is 14.3 Å². The van der Waals surface area contributed by atoms with Gasteiger partial charge in [-0.05, 0) is 54.5 Å². The molecule has 0 saturated heterocycles. The van der Waals surface area contributed by atoms with E-state index >= 15 is 0 Å². The van der Waals surface area contributed by atoms with Crippen LogP contribution in [0.2, 0.25) is 0 Å². The Bertz CT molecular complexity index is 693. The molecular formula is C16H19N5O3. The predicted octanol–water partition coefficient (Wildman–Crippen LogP) is 1.27. The minimum absolute atomic E-state index is 0.203. The number of esters is 1. The van der Waals surface area contributed by atoms with Crippen LogP contribution >= 0.6 is 0 Å². The summed E-state index contributed by atoms with van der Waals surface area (Å²) in [5.41, 5.74) is 1.09. The molecule has 24 heavy (non-hydrogen) atoms. The SMILES string of the molecule is C[C@@H](OC(=O)c1ccc(-n2cnnn2)cc1)C(=O)NC1CCCC1. The fourth-order valence-corrected chi connectivity index (χ4v) is 2.70. The summed E-state index contributed by atoms with van der Waals surface area (Å²) in [5, 5.41) is 13.8. The first kappa shape index (κ1) is 16.1. The molecule has 1 N–H and O–H groups in total. The maximum absolute atomic E-state index is 12.1. The second-order valence-corrected chi connectivity index (χ2v) is 5.84. The van der Waals surface area contributed by atoms with E-state index in [4.69, 9.17) is 4.74 Å². The summed E-state index contributed by atoms with van der Waals surface area (Å²) in [6, 6.07) is 6.84. The van der Waals surface area contributed by atoms with E-state index in [2.05, 4.69) is 20.8 Å². The van der Waals surface area contributed by atoms with Crippen LogP contribution in [-0.2, 0) is 9.53 Å². The van der Waals surface area contributed by atoms with Gasteiger partial charge in [-0.15, -0.1) is 5.10 Å². The number of tetrazole rings is 1. The van der Waals surface area contributed by atoms with Crippen LogP contribution < -0.4 is 5.32 Å². The zero-order valence-electron chi connectivity index (χ0n) is 13.4. The first-order chi connectivity index (χ1) is 11.6. The number of ether oxygens (including phenoxy) is 1. The van der Waals surface area contributed by atoms with E-state index in [0.29, 0.717) is 5.56 Å². The number of hydrogen-bond donors (Lipinski definition) is 1. The van der Waals surface area contributed by atoms with Crippen LogP contribution in [0.4, 0.5) is 0 Å². The highest BCUT2D eigenvalue weighted by atomic mass is 16.5. The van der Waals surface area contributed by atoms with E-state index < -0.39 is 12.1 Å². The van der Waals surface area contributed by atoms with Crippen molar-refractivity contribution in [2.45, 2.75) is 44.8 Å². The van der Waals surface area contributed by atoms with Gasteiger partial charge in [-0.25, -0.2) is 9.48 Å². The van der Waals surface area contributed by atoms with Crippen molar-refractivity contribution in [2.75, 3.05) is 0 Å². The summed E-state index contributed by atoms with van der Waals surface area (Å²) >= 11 is 0. The van der Waals surface area contributed by atoms with Gasteiger partial charge in [0.15, 0.2) is 6.10 Å². The molecule has 1 fully saturated rings. The van der Waals surface area contributed by atoms with Crippen molar-refractivity contribution in [3.8, 4) is 5.69 Å². The molecule has 8 nitrogen and oxygen atoms in total. The third-order valence-corrected chi connectivity index (χ3v) is 4.07. The number of amides is 1. The van der Waals surface area contributed by atoms with Crippen LogP contribution in [0.5, 0.6) is 0 Å². The zero-order valence-corrected chi connectivity index (χ0v) is 13.4. The molecular weight excluding hydrogens is 310 g/mol. The van der Waals surface area contributed by atoms with Crippen molar-refractivity contribution in [3.05, 3.63) is 36.2 Å². The highest BCUT2D eigenvalue weighted by molar-refractivity contribution is 5.92. The van der Waals surface area contributed by atoms with Crippen molar-refractivity contribution in [3.63, 3.8) is 0 Å². The maximum atomic E-state index is 12.1. The molecule has 0 aliphatic heterocycles. The van der Waals surface area contributed by atoms with Gasteiger partial charge < -0.3 is 10.1 Å². The summed E-state index contributed by atoms with van der Waals surface area (Å²) in [4.78, 5) is 24.2. The second kappa shape index (κ2) is 7.20. The zero-order chi connectivity index (χ0) is 16.9. The quantitative estimate of drug-likeness (QED) is 0.829. The van der Waals surface area contributed by atoms with Gasteiger partial charge in [0.25, 0.3) is 5.91 Å². The van der Waals surface area contributed by atoms with Gasteiger partial charge in [0.2, 0.25) is 0 Å². The number of carbonyl (C=O) groups excluding carboxylic acids is 2. The average Bonchev–Trinajstić information content (AvgIpc) is 3.28. The lowest BCUT2D eigenvalue weighted by atomic mass is 10.2. The van der Waals surface area contributed by atoms with Gasteiger partial charge in [-0.3, -0.25) is 4.79 Å². The Morgan fingerprint density at radius 3 is 2.58 bits per heavy atom. The molecule has 1 aliphatic rings. The van der Waals surface area contributed by atoms with E-state index in [1.54, 1.807) is 31.2 Å². The number of benzene rings is 1. The van der Waals surface area contributed by atoms with E-state index in [1.165, 1.54) is 11.0 Å². The largest absolute Gasteiger partial charge is 0.449 e. The molecule has 1 aromatic carbocycles. The van der Waals surface area contributed by atoms with Crippen molar-refractivity contribution in [1.29, 1.82) is 0 Å². The summed E-state index contributed by atoms with van der Waals surface area (Å²) in [6.07, 6.45) is 4.88. The minimum Gasteiger partial charge on any atom is -0.449 e. The molecule has 2 aromatic rings. The van der Waals surface area contributed by atoms with E-state index in [0.717, 1.165) is 31.4 Å². The standard InChI is InChI=1S/C16H19N5O3/c1-11(15(22)18-13-4-2-3-5-13)24-16(23)12-6-8-14(9-7-12)21-10-17-19-20-21/h6-11,13H,2-5H2,1H3,(H,18,22)/t11-/m1/s1. The van der Waals surface area contributed by atoms with Crippen LogP contribution in [0.1, 0.15) is 43.0 Å². The lowest BCUT2D eigenvalue weighted by Gasteiger charge is -2.17. The Morgan fingerprint density at radius 1 is 1.25 bits per heavy atom. The van der Waals surface area contributed by atoms with Crippen molar-refractivity contribution >= 4 is 11.9 Å². The highest BCUT2D eigenvalue weighted by Crippen LogP contribution is 2.18. The summed E-state index contributed by atoms with van der Waals surface area (Å²) < 4.78 is 6.72. The third kappa shape index (κ3) is 3.76. The fourth-order valence-electron chi connectivity index (χ4n) is 2.70. The topological polar surface area (TPSA) is 99.0 Å². The van der Waals surface area contributed by atoms with Gasteiger partial charge in [0, 0.05) is 6.04 Å². The van der Waals surface area contributed by atoms with Gasteiger partial charge in [0.1, 0.15) is 6.33 Å². The van der Waals surface area contributed by atoms with E-state index in [9.17, 15) is 9.59 Å². The first-order valence-corrected chi connectivity index (χ1v) is 7.98. The Morgan fingerprint density at radius 2 is 1.96 bits per heavy atom.